The summed E-state index contributed by atoms with van der Waals surface area (Å²) in [7, 11) is 0. The number of ether oxygens (including phenoxy) is 1. The van der Waals surface area contributed by atoms with Crippen LogP contribution in [0.2, 0.25) is 0 Å². The molecular formula is C19H24FN3O4S. The van der Waals surface area contributed by atoms with E-state index < -0.39 is 17.1 Å². The van der Waals surface area contributed by atoms with E-state index in [0.717, 1.165) is 6.42 Å². The van der Waals surface area contributed by atoms with Gasteiger partial charge < -0.3 is 14.5 Å². The zero-order chi connectivity index (χ0) is 20.3. The maximum absolute atomic E-state index is 16.0. The molecule has 0 radical (unpaired) electrons. The van der Waals surface area contributed by atoms with E-state index >= 15 is 4.39 Å². The van der Waals surface area contributed by atoms with E-state index in [1.807, 2.05) is 13.8 Å². The van der Waals surface area contributed by atoms with E-state index in [1.54, 1.807) is 11.8 Å². The van der Waals surface area contributed by atoms with Gasteiger partial charge in [0.2, 0.25) is 11.6 Å². The third-order valence-electron chi connectivity index (χ3n) is 6.38. The summed E-state index contributed by atoms with van der Waals surface area (Å²) >= 11 is 1.17. The van der Waals surface area contributed by atoms with E-state index in [9.17, 15) is 14.4 Å². The second-order valence-corrected chi connectivity index (χ2v) is 9.65. The molecule has 2 saturated heterocycles. The fourth-order valence-corrected chi connectivity index (χ4v) is 5.01. The Morgan fingerprint density at radius 1 is 1.25 bits per heavy atom. The first-order valence-corrected chi connectivity index (χ1v) is 10.3. The standard InChI is InChI=1S/C19H24FN3O4S/c1-4-27-16(26)19(20)10-23(15(25)13-6-21-11-28-13)9-18(19)7-22(8-18)14(24)12-5-17(12,2)3/h6,11-12H,4-5,7-10H2,1-3H3/t12-,19?/m1/s1. The first kappa shape index (κ1) is 19.3. The van der Waals surface area contributed by atoms with Crippen molar-refractivity contribution in [3.63, 3.8) is 0 Å². The van der Waals surface area contributed by atoms with Gasteiger partial charge in [0, 0.05) is 25.6 Å². The van der Waals surface area contributed by atoms with Gasteiger partial charge in [-0.3, -0.25) is 14.6 Å². The number of aromatic nitrogens is 1. The van der Waals surface area contributed by atoms with Crippen molar-refractivity contribution in [2.75, 3.05) is 32.8 Å². The topological polar surface area (TPSA) is 79.8 Å². The number of amides is 2. The molecule has 7 nitrogen and oxygen atoms in total. The van der Waals surface area contributed by atoms with Crippen molar-refractivity contribution in [2.24, 2.45) is 16.7 Å². The van der Waals surface area contributed by atoms with Crippen molar-refractivity contribution in [3.05, 3.63) is 16.6 Å². The molecule has 3 fully saturated rings. The van der Waals surface area contributed by atoms with E-state index in [1.165, 1.54) is 27.9 Å². The summed E-state index contributed by atoms with van der Waals surface area (Å²) in [5.41, 5.74) is -1.92. The van der Waals surface area contributed by atoms with Crippen LogP contribution in [0.25, 0.3) is 0 Å². The molecule has 1 spiro atoms. The molecule has 1 aromatic rings. The second-order valence-electron chi connectivity index (χ2n) is 8.77. The number of rotatable bonds is 4. The Bertz CT molecular complexity index is 821. The van der Waals surface area contributed by atoms with Crippen LogP contribution < -0.4 is 0 Å². The number of likely N-dealkylation sites (tertiary alicyclic amines) is 2. The van der Waals surface area contributed by atoms with Crippen molar-refractivity contribution in [1.82, 2.24) is 14.8 Å². The molecule has 4 rings (SSSR count). The Morgan fingerprint density at radius 2 is 1.89 bits per heavy atom. The largest absolute Gasteiger partial charge is 0.464 e. The highest BCUT2D eigenvalue weighted by Gasteiger charge is 2.71. The number of nitrogens with zero attached hydrogens (tertiary/aromatic N) is 3. The molecule has 3 heterocycles. The molecule has 3 aliphatic rings. The van der Waals surface area contributed by atoms with Gasteiger partial charge in [-0.1, -0.05) is 13.8 Å². The lowest BCUT2D eigenvalue weighted by Crippen LogP contribution is -2.69. The Kier molecular flexibility index (Phi) is 4.30. The van der Waals surface area contributed by atoms with Crippen LogP contribution in [0.4, 0.5) is 4.39 Å². The number of alkyl halides is 1. The summed E-state index contributed by atoms with van der Waals surface area (Å²) in [4.78, 5) is 45.1. The van der Waals surface area contributed by atoms with E-state index in [4.69, 9.17) is 4.74 Å². The maximum atomic E-state index is 16.0. The van der Waals surface area contributed by atoms with Gasteiger partial charge in [0.15, 0.2) is 0 Å². The predicted octanol–water partition coefficient (Wildman–Crippen LogP) is 1.74. The molecule has 0 bridgehead atoms. The lowest BCUT2D eigenvalue weighted by Gasteiger charge is -2.51. The summed E-state index contributed by atoms with van der Waals surface area (Å²) < 4.78 is 21.0. The summed E-state index contributed by atoms with van der Waals surface area (Å²) in [6.07, 6.45) is 2.26. The smallest absolute Gasteiger partial charge is 0.346 e. The van der Waals surface area contributed by atoms with Crippen LogP contribution in [0, 0.1) is 16.7 Å². The minimum atomic E-state index is -2.32. The van der Waals surface area contributed by atoms with Crippen molar-refractivity contribution >= 4 is 29.1 Å². The third kappa shape index (κ3) is 2.74. The number of thiazole rings is 1. The van der Waals surface area contributed by atoms with Crippen LogP contribution in [0.1, 0.15) is 36.9 Å². The van der Waals surface area contributed by atoms with Crippen molar-refractivity contribution in [2.45, 2.75) is 32.9 Å². The highest BCUT2D eigenvalue weighted by molar-refractivity contribution is 7.11. The first-order valence-electron chi connectivity index (χ1n) is 9.46. The number of hydrogen-bond donors (Lipinski definition) is 0. The van der Waals surface area contributed by atoms with Gasteiger partial charge in [-0.15, -0.1) is 11.3 Å². The number of carbonyl (C=O) groups excluding carboxylic acids is 3. The van der Waals surface area contributed by atoms with E-state index in [0.29, 0.717) is 4.88 Å². The fraction of sp³-hybridized carbons (Fsp3) is 0.684. The molecule has 28 heavy (non-hydrogen) atoms. The monoisotopic (exact) mass is 409 g/mol. The van der Waals surface area contributed by atoms with Crippen LogP contribution in [-0.2, 0) is 14.3 Å². The van der Waals surface area contributed by atoms with Gasteiger partial charge in [0.25, 0.3) is 5.91 Å². The normalized spacial score (nSPS) is 29.5. The highest BCUT2D eigenvalue weighted by Crippen LogP contribution is 2.56. The quantitative estimate of drug-likeness (QED) is 0.708. The lowest BCUT2D eigenvalue weighted by molar-refractivity contribution is -0.179. The van der Waals surface area contributed by atoms with E-state index in [-0.39, 0.29) is 55.9 Å². The molecule has 9 heteroatoms. The van der Waals surface area contributed by atoms with Gasteiger partial charge in [-0.25, -0.2) is 9.18 Å². The average Bonchev–Trinajstić information content (AvgIpc) is 2.99. The number of halogens is 1. The SMILES string of the molecule is CCOC(=O)C1(F)CN(C(=O)c2cncs2)CC12CN(C(=O)[C@H]1CC1(C)C)C2. The van der Waals surface area contributed by atoms with Gasteiger partial charge in [-0.2, -0.15) is 0 Å². The van der Waals surface area contributed by atoms with Gasteiger partial charge in [0.05, 0.1) is 30.3 Å². The molecule has 2 amide bonds. The molecule has 2 atom stereocenters. The summed E-state index contributed by atoms with van der Waals surface area (Å²) in [6.45, 7) is 5.72. The Morgan fingerprint density at radius 3 is 2.43 bits per heavy atom. The molecule has 0 N–H and O–H groups in total. The lowest BCUT2D eigenvalue weighted by atomic mass is 9.69. The van der Waals surface area contributed by atoms with Crippen LogP contribution >= 0.6 is 11.3 Å². The predicted molar refractivity (Wildman–Crippen MR) is 99.4 cm³/mol. The Balaban J connectivity index is 1.55. The van der Waals surface area contributed by atoms with Crippen molar-refractivity contribution in [3.8, 4) is 0 Å². The van der Waals surface area contributed by atoms with Gasteiger partial charge in [0.1, 0.15) is 4.88 Å². The van der Waals surface area contributed by atoms with Crippen molar-refractivity contribution in [1.29, 1.82) is 0 Å². The average molecular weight is 409 g/mol. The molecule has 1 saturated carbocycles. The highest BCUT2D eigenvalue weighted by atomic mass is 32.1. The number of hydrogen-bond acceptors (Lipinski definition) is 6. The zero-order valence-electron chi connectivity index (χ0n) is 16.2. The van der Waals surface area contributed by atoms with Crippen LogP contribution in [0.3, 0.4) is 0 Å². The van der Waals surface area contributed by atoms with Crippen molar-refractivity contribution < 1.29 is 23.5 Å². The number of esters is 1. The third-order valence-corrected chi connectivity index (χ3v) is 7.14. The Hall–Kier alpha value is -2.03. The molecular weight excluding hydrogens is 385 g/mol. The Labute approximate surface area is 166 Å². The molecule has 1 aliphatic carbocycles. The van der Waals surface area contributed by atoms with Crippen LogP contribution in [0.15, 0.2) is 11.7 Å². The first-order chi connectivity index (χ1) is 13.1. The maximum Gasteiger partial charge on any atom is 0.346 e. The molecule has 0 aromatic carbocycles. The van der Waals surface area contributed by atoms with Crippen LogP contribution in [-0.4, -0.2) is 71.0 Å². The molecule has 1 unspecified atom stereocenters. The van der Waals surface area contributed by atoms with E-state index in [2.05, 4.69) is 4.98 Å². The fourth-order valence-electron chi connectivity index (χ4n) is 4.42. The summed E-state index contributed by atoms with van der Waals surface area (Å²) in [5.74, 6) is -1.33. The van der Waals surface area contributed by atoms with Crippen LogP contribution in [0.5, 0.6) is 0 Å². The number of carbonyl (C=O) groups is 3. The molecule has 152 valence electrons. The summed E-state index contributed by atoms with van der Waals surface area (Å²) in [5, 5.41) is 0. The molecule has 1 aromatic heterocycles. The zero-order valence-corrected chi connectivity index (χ0v) is 17.1. The van der Waals surface area contributed by atoms with Gasteiger partial charge in [-0.05, 0) is 18.8 Å². The second kappa shape index (κ2) is 6.23. The minimum absolute atomic E-state index is 0.00840. The van der Waals surface area contributed by atoms with Gasteiger partial charge >= 0.3 is 5.97 Å². The molecule has 2 aliphatic heterocycles. The minimum Gasteiger partial charge on any atom is -0.464 e. The summed E-state index contributed by atoms with van der Waals surface area (Å²) in [6, 6.07) is 0.